The molecule has 0 fully saturated rings. The van der Waals surface area contributed by atoms with Crippen LogP contribution in [0.15, 0.2) is 42.5 Å². The Labute approximate surface area is 122 Å². The third kappa shape index (κ3) is 3.42. The first kappa shape index (κ1) is 14.2. The van der Waals surface area contributed by atoms with Crippen LogP contribution in [0.5, 0.6) is 5.75 Å². The Morgan fingerprint density at radius 2 is 2.00 bits per heavy atom. The van der Waals surface area contributed by atoms with E-state index < -0.39 is 0 Å². The van der Waals surface area contributed by atoms with Crippen molar-refractivity contribution in [1.82, 2.24) is 0 Å². The molecule has 0 bridgehead atoms. The zero-order valence-corrected chi connectivity index (χ0v) is 11.8. The maximum absolute atomic E-state index is 11.9. The fourth-order valence-corrected chi connectivity index (χ4v) is 1.93. The Bertz CT molecular complexity index is 609. The van der Waals surface area contributed by atoms with Gasteiger partial charge < -0.3 is 15.8 Å². The Balaban J connectivity index is 1.98. The first-order valence-electron chi connectivity index (χ1n) is 6.10. The third-order valence-corrected chi connectivity index (χ3v) is 3.08. The molecule has 0 spiro atoms. The van der Waals surface area contributed by atoms with E-state index in [0.717, 1.165) is 5.56 Å². The van der Waals surface area contributed by atoms with E-state index in [1.54, 1.807) is 30.3 Å². The van der Waals surface area contributed by atoms with Crippen molar-refractivity contribution in [2.45, 2.75) is 6.92 Å². The van der Waals surface area contributed by atoms with Gasteiger partial charge in [0.25, 0.3) is 5.91 Å². The second-order valence-electron chi connectivity index (χ2n) is 4.31. The normalized spacial score (nSPS) is 10.1. The van der Waals surface area contributed by atoms with Crippen molar-refractivity contribution in [2.75, 3.05) is 17.7 Å². The van der Waals surface area contributed by atoms with Crippen molar-refractivity contribution in [3.63, 3.8) is 0 Å². The van der Waals surface area contributed by atoms with E-state index in [1.807, 2.05) is 19.1 Å². The van der Waals surface area contributed by atoms with Gasteiger partial charge in [-0.1, -0.05) is 35.9 Å². The van der Waals surface area contributed by atoms with Gasteiger partial charge in [0.1, 0.15) is 5.75 Å². The number of nitrogens with two attached hydrogens (primary N) is 1. The lowest BCUT2D eigenvalue weighted by Crippen LogP contribution is -2.21. The predicted octanol–water partition coefficient (Wildman–Crippen LogP) is 3.25. The van der Waals surface area contributed by atoms with Gasteiger partial charge in [0.15, 0.2) is 6.61 Å². The summed E-state index contributed by atoms with van der Waals surface area (Å²) in [5.41, 5.74) is 7.86. The molecule has 0 atom stereocenters. The number of carbonyl (C=O) groups excluding carboxylic acids is 1. The molecule has 0 unspecified atom stereocenters. The largest absolute Gasteiger partial charge is 0.482 e. The number of amides is 1. The molecule has 0 saturated heterocycles. The summed E-state index contributed by atoms with van der Waals surface area (Å²) in [7, 11) is 0. The predicted molar refractivity (Wildman–Crippen MR) is 81.2 cm³/mol. The molecule has 0 radical (unpaired) electrons. The van der Waals surface area contributed by atoms with Crippen LogP contribution >= 0.6 is 11.6 Å². The molecule has 5 heteroatoms. The van der Waals surface area contributed by atoms with Gasteiger partial charge in [0, 0.05) is 0 Å². The van der Waals surface area contributed by atoms with Crippen molar-refractivity contribution < 1.29 is 9.53 Å². The van der Waals surface area contributed by atoms with Gasteiger partial charge in [-0.05, 0) is 30.7 Å². The monoisotopic (exact) mass is 290 g/mol. The SMILES string of the molecule is Cc1cccc(N)c1NC(=O)COc1ccccc1Cl. The number of halogens is 1. The van der Waals surface area contributed by atoms with Crippen molar-refractivity contribution in [3.05, 3.63) is 53.1 Å². The molecular weight excluding hydrogens is 276 g/mol. The number of rotatable bonds is 4. The van der Waals surface area contributed by atoms with E-state index in [1.165, 1.54) is 0 Å². The first-order valence-corrected chi connectivity index (χ1v) is 6.48. The molecule has 2 aromatic carbocycles. The third-order valence-electron chi connectivity index (χ3n) is 2.76. The zero-order chi connectivity index (χ0) is 14.5. The molecule has 104 valence electrons. The summed E-state index contributed by atoms with van der Waals surface area (Å²) >= 11 is 5.94. The molecule has 0 aliphatic heterocycles. The smallest absolute Gasteiger partial charge is 0.262 e. The van der Waals surface area contributed by atoms with Crippen LogP contribution in [0.25, 0.3) is 0 Å². The minimum absolute atomic E-state index is 0.127. The van der Waals surface area contributed by atoms with E-state index in [2.05, 4.69) is 5.32 Å². The summed E-state index contributed by atoms with van der Waals surface area (Å²) < 4.78 is 5.37. The highest BCUT2D eigenvalue weighted by atomic mass is 35.5. The maximum Gasteiger partial charge on any atom is 0.262 e. The number of hydrogen-bond donors (Lipinski definition) is 2. The summed E-state index contributed by atoms with van der Waals surface area (Å²) in [6.45, 7) is 1.75. The lowest BCUT2D eigenvalue weighted by atomic mass is 10.1. The molecule has 20 heavy (non-hydrogen) atoms. The molecule has 2 rings (SSSR count). The van der Waals surface area contributed by atoms with E-state index in [-0.39, 0.29) is 12.5 Å². The van der Waals surface area contributed by atoms with Crippen molar-refractivity contribution in [3.8, 4) is 5.75 Å². The lowest BCUT2D eigenvalue weighted by Gasteiger charge is -2.12. The van der Waals surface area contributed by atoms with Gasteiger partial charge in [0.2, 0.25) is 0 Å². The summed E-state index contributed by atoms with van der Waals surface area (Å²) in [4.78, 5) is 11.9. The number of anilines is 2. The molecular formula is C15H15ClN2O2. The lowest BCUT2D eigenvalue weighted by molar-refractivity contribution is -0.118. The Morgan fingerprint density at radius 1 is 1.25 bits per heavy atom. The number of benzene rings is 2. The van der Waals surface area contributed by atoms with Gasteiger partial charge in [0.05, 0.1) is 16.4 Å². The highest BCUT2D eigenvalue weighted by molar-refractivity contribution is 6.32. The number of aryl methyl sites for hydroxylation is 1. The van der Waals surface area contributed by atoms with E-state index in [0.29, 0.717) is 22.1 Å². The minimum atomic E-state index is -0.286. The van der Waals surface area contributed by atoms with Gasteiger partial charge in [-0.25, -0.2) is 0 Å². The number of hydrogen-bond acceptors (Lipinski definition) is 3. The molecule has 2 aromatic rings. The number of carbonyl (C=O) groups is 1. The highest BCUT2D eigenvalue weighted by Gasteiger charge is 2.09. The fraction of sp³-hybridized carbons (Fsp3) is 0.133. The van der Waals surface area contributed by atoms with Crippen LogP contribution in [-0.2, 0) is 4.79 Å². The molecule has 0 aromatic heterocycles. The second-order valence-corrected chi connectivity index (χ2v) is 4.71. The standard InChI is InChI=1S/C15H15ClN2O2/c1-10-5-4-7-12(17)15(10)18-14(19)9-20-13-8-3-2-6-11(13)16/h2-8H,9,17H2,1H3,(H,18,19). The summed E-state index contributed by atoms with van der Waals surface area (Å²) in [6, 6.07) is 12.4. The number of ether oxygens (including phenoxy) is 1. The Kier molecular flexibility index (Phi) is 4.48. The molecule has 0 aliphatic carbocycles. The van der Waals surface area contributed by atoms with Crippen molar-refractivity contribution in [2.24, 2.45) is 0 Å². The van der Waals surface area contributed by atoms with Crippen molar-refractivity contribution in [1.29, 1.82) is 0 Å². The van der Waals surface area contributed by atoms with E-state index >= 15 is 0 Å². The quantitative estimate of drug-likeness (QED) is 0.850. The fourth-order valence-electron chi connectivity index (χ4n) is 1.74. The second kappa shape index (κ2) is 6.30. The number of nitrogen functional groups attached to an aromatic ring is 1. The van der Waals surface area contributed by atoms with Crippen LogP contribution in [0.4, 0.5) is 11.4 Å². The van der Waals surface area contributed by atoms with Crippen molar-refractivity contribution >= 4 is 28.9 Å². The summed E-state index contributed by atoms with van der Waals surface area (Å²) in [5.74, 6) is 0.188. The molecule has 0 aliphatic rings. The topological polar surface area (TPSA) is 64.3 Å². The zero-order valence-electron chi connectivity index (χ0n) is 11.0. The molecule has 3 N–H and O–H groups in total. The number of nitrogens with one attached hydrogen (secondary N) is 1. The van der Waals surface area contributed by atoms with Crippen LogP contribution in [0.3, 0.4) is 0 Å². The maximum atomic E-state index is 11.9. The molecule has 0 heterocycles. The van der Waals surface area contributed by atoms with Gasteiger partial charge >= 0.3 is 0 Å². The van der Waals surface area contributed by atoms with E-state index in [4.69, 9.17) is 22.1 Å². The molecule has 0 saturated carbocycles. The average Bonchev–Trinajstić information content (AvgIpc) is 2.42. The van der Waals surface area contributed by atoms with Crippen LogP contribution in [0, 0.1) is 6.92 Å². The van der Waals surface area contributed by atoms with Crippen LogP contribution < -0.4 is 15.8 Å². The van der Waals surface area contributed by atoms with Gasteiger partial charge in [-0.15, -0.1) is 0 Å². The Morgan fingerprint density at radius 3 is 2.70 bits per heavy atom. The number of para-hydroxylation sites is 2. The summed E-state index contributed by atoms with van der Waals surface area (Å²) in [6.07, 6.45) is 0. The first-order chi connectivity index (χ1) is 9.58. The molecule has 1 amide bonds. The average molecular weight is 291 g/mol. The Hall–Kier alpha value is -2.20. The van der Waals surface area contributed by atoms with Gasteiger partial charge in [-0.3, -0.25) is 4.79 Å². The van der Waals surface area contributed by atoms with Crippen LogP contribution in [0.2, 0.25) is 5.02 Å². The van der Waals surface area contributed by atoms with Gasteiger partial charge in [-0.2, -0.15) is 0 Å². The van der Waals surface area contributed by atoms with E-state index in [9.17, 15) is 4.79 Å². The highest BCUT2D eigenvalue weighted by Crippen LogP contribution is 2.24. The summed E-state index contributed by atoms with van der Waals surface area (Å²) in [5, 5.41) is 3.20. The van der Waals surface area contributed by atoms with Crippen LogP contribution in [-0.4, -0.2) is 12.5 Å². The molecule has 4 nitrogen and oxygen atoms in total. The minimum Gasteiger partial charge on any atom is -0.482 e. The van der Waals surface area contributed by atoms with Crippen LogP contribution in [0.1, 0.15) is 5.56 Å².